The minimum Gasteiger partial charge on any atom is -0.273 e. The molecule has 0 aliphatic carbocycles. The number of hydrogen-bond acceptors (Lipinski definition) is 5. The summed E-state index contributed by atoms with van der Waals surface area (Å²) in [7, 11) is -3.60. The first-order valence-corrected chi connectivity index (χ1v) is 10.2. The lowest BCUT2D eigenvalue weighted by Crippen LogP contribution is -2.44. The summed E-state index contributed by atoms with van der Waals surface area (Å²) in [6.45, 7) is 2.47. The van der Waals surface area contributed by atoms with Crippen molar-refractivity contribution in [1.82, 2.24) is 14.7 Å². The van der Waals surface area contributed by atoms with E-state index in [1.165, 1.54) is 10.5 Å². The fourth-order valence-electron chi connectivity index (χ4n) is 2.94. The maximum atomic E-state index is 12.8. The van der Waals surface area contributed by atoms with E-state index in [-0.39, 0.29) is 17.3 Å². The van der Waals surface area contributed by atoms with Gasteiger partial charge in [-0.25, -0.2) is 13.8 Å². The number of carbonyl (C=O) groups excluding carboxylic acids is 1. The van der Waals surface area contributed by atoms with Crippen molar-refractivity contribution in [3.8, 4) is 0 Å². The Labute approximate surface area is 159 Å². The van der Waals surface area contributed by atoms with Crippen LogP contribution < -0.4 is 5.43 Å². The lowest BCUT2D eigenvalue weighted by molar-refractivity contribution is -0.126. The molecule has 0 bridgehead atoms. The van der Waals surface area contributed by atoms with E-state index < -0.39 is 15.9 Å². The fraction of sp³-hybridized carbons (Fsp3) is 0.316. The van der Waals surface area contributed by atoms with Crippen LogP contribution in [0.3, 0.4) is 0 Å². The third kappa shape index (κ3) is 4.78. The van der Waals surface area contributed by atoms with Gasteiger partial charge in [0.2, 0.25) is 15.9 Å². The molecule has 27 heavy (non-hydrogen) atoms. The number of aromatic nitrogens is 1. The van der Waals surface area contributed by atoms with E-state index in [1.807, 2.05) is 13.0 Å². The van der Waals surface area contributed by atoms with Gasteiger partial charge in [0, 0.05) is 19.3 Å². The molecular formula is C19H22N4O3S. The van der Waals surface area contributed by atoms with E-state index >= 15 is 0 Å². The topological polar surface area (TPSA) is 91.7 Å². The molecule has 1 aromatic heterocycles. The lowest BCUT2D eigenvalue weighted by atomic mass is 9.99. The highest BCUT2D eigenvalue weighted by molar-refractivity contribution is 7.89. The van der Waals surface area contributed by atoms with Crippen LogP contribution in [0.15, 0.2) is 58.7 Å². The number of nitrogens with one attached hydrogen (secondary N) is 1. The van der Waals surface area contributed by atoms with Crippen molar-refractivity contribution >= 4 is 22.1 Å². The fourth-order valence-corrected chi connectivity index (χ4v) is 4.46. The zero-order chi connectivity index (χ0) is 19.3. The van der Waals surface area contributed by atoms with Crippen LogP contribution in [-0.2, 0) is 14.8 Å². The van der Waals surface area contributed by atoms with E-state index in [4.69, 9.17) is 0 Å². The molecule has 1 amide bonds. The van der Waals surface area contributed by atoms with Crippen LogP contribution in [0, 0.1) is 12.8 Å². The van der Waals surface area contributed by atoms with Gasteiger partial charge in [0.25, 0.3) is 0 Å². The van der Waals surface area contributed by atoms with Gasteiger partial charge < -0.3 is 0 Å². The maximum absolute atomic E-state index is 12.8. The molecule has 1 aromatic carbocycles. The molecule has 1 fully saturated rings. The molecule has 2 aromatic rings. The van der Waals surface area contributed by atoms with Crippen LogP contribution >= 0.6 is 0 Å². The van der Waals surface area contributed by atoms with E-state index in [0.29, 0.717) is 25.1 Å². The van der Waals surface area contributed by atoms with Crippen molar-refractivity contribution in [2.24, 2.45) is 11.0 Å². The molecule has 1 N–H and O–H groups in total. The summed E-state index contributed by atoms with van der Waals surface area (Å²) in [5.41, 5.74) is 4.11. The Morgan fingerprint density at radius 2 is 2.04 bits per heavy atom. The number of benzene rings is 1. The Hall–Kier alpha value is -2.58. The van der Waals surface area contributed by atoms with Crippen LogP contribution in [0.4, 0.5) is 0 Å². The first-order chi connectivity index (χ1) is 13.0. The molecule has 8 heteroatoms. The number of pyridine rings is 1. The van der Waals surface area contributed by atoms with Crippen molar-refractivity contribution in [3.63, 3.8) is 0 Å². The van der Waals surface area contributed by atoms with Crippen molar-refractivity contribution in [1.29, 1.82) is 0 Å². The first-order valence-electron chi connectivity index (χ1n) is 8.77. The van der Waals surface area contributed by atoms with E-state index in [0.717, 1.165) is 5.56 Å². The van der Waals surface area contributed by atoms with Gasteiger partial charge in [-0.2, -0.15) is 9.41 Å². The number of amides is 1. The van der Waals surface area contributed by atoms with Crippen molar-refractivity contribution in [3.05, 3.63) is 59.9 Å². The Morgan fingerprint density at radius 1 is 1.26 bits per heavy atom. The summed E-state index contributed by atoms with van der Waals surface area (Å²) in [5, 5.41) is 3.92. The zero-order valence-corrected chi connectivity index (χ0v) is 15.9. The Kier molecular flexibility index (Phi) is 5.98. The zero-order valence-electron chi connectivity index (χ0n) is 15.1. The number of aryl methyl sites for hydroxylation is 1. The second-order valence-corrected chi connectivity index (χ2v) is 8.44. The Balaban J connectivity index is 1.64. The minimum atomic E-state index is -3.60. The van der Waals surface area contributed by atoms with Crippen LogP contribution in [0.1, 0.15) is 24.1 Å². The Bertz CT molecular complexity index is 912. The van der Waals surface area contributed by atoms with Gasteiger partial charge in [-0.1, -0.05) is 23.8 Å². The number of piperidine rings is 1. The number of nitrogens with zero attached hydrogens (tertiary/aromatic N) is 3. The second kappa shape index (κ2) is 8.41. The summed E-state index contributed by atoms with van der Waals surface area (Å²) < 4.78 is 27.0. The van der Waals surface area contributed by atoms with Gasteiger partial charge in [0.1, 0.15) is 0 Å². The van der Waals surface area contributed by atoms with Crippen molar-refractivity contribution in [2.45, 2.75) is 24.7 Å². The SMILES string of the molecule is Cc1ccc(S(=O)(=O)N2CCC[C@@H](C(=O)N/N=C\c3ccccn3)C2)cc1. The molecule has 1 aliphatic rings. The van der Waals surface area contributed by atoms with Crippen LogP contribution in [0.5, 0.6) is 0 Å². The van der Waals surface area contributed by atoms with E-state index in [2.05, 4.69) is 15.5 Å². The highest BCUT2D eigenvalue weighted by Gasteiger charge is 2.33. The maximum Gasteiger partial charge on any atom is 0.244 e. The molecule has 142 valence electrons. The van der Waals surface area contributed by atoms with Crippen molar-refractivity contribution in [2.75, 3.05) is 13.1 Å². The van der Waals surface area contributed by atoms with Gasteiger partial charge >= 0.3 is 0 Å². The monoisotopic (exact) mass is 386 g/mol. The van der Waals surface area contributed by atoms with Crippen LogP contribution in [0.25, 0.3) is 0 Å². The summed E-state index contributed by atoms with van der Waals surface area (Å²) >= 11 is 0. The average Bonchev–Trinajstić information content (AvgIpc) is 2.69. The minimum absolute atomic E-state index is 0.154. The smallest absolute Gasteiger partial charge is 0.244 e. The molecule has 0 unspecified atom stereocenters. The lowest BCUT2D eigenvalue weighted by Gasteiger charge is -2.30. The Morgan fingerprint density at radius 3 is 2.74 bits per heavy atom. The number of hydrazone groups is 1. The largest absolute Gasteiger partial charge is 0.273 e. The molecule has 3 rings (SSSR count). The molecular weight excluding hydrogens is 364 g/mol. The number of sulfonamides is 1. The highest BCUT2D eigenvalue weighted by Crippen LogP contribution is 2.24. The van der Waals surface area contributed by atoms with Crippen LogP contribution in [-0.4, -0.2) is 42.9 Å². The second-order valence-electron chi connectivity index (χ2n) is 6.50. The van der Waals surface area contributed by atoms with Gasteiger partial charge in [-0.05, 0) is 44.0 Å². The first kappa shape index (κ1) is 19.2. The summed E-state index contributed by atoms with van der Waals surface area (Å²) in [6.07, 6.45) is 4.36. The number of carbonyl (C=O) groups is 1. The standard InChI is InChI=1S/C19H22N4O3S/c1-15-7-9-18(10-8-15)27(25,26)23-12-4-5-16(14-23)19(24)22-21-13-17-6-2-3-11-20-17/h2-3,6-11,13,16H,4-5,12,14H2,1H3,(H,22,24)/b21-13-/t16-/m1/s1. The van der Waals surface area contributed by atoms with Gasteiger partial charge in [-0.3, -0.25) is 9.78 Å². The molecule has 7 nitrogen and oxygen atoms in total. The van der Waals surface area contributed by atoms with E-state index in [1.54, 1.807) is 42.6 Å². The molecule has 0 spiro atoms. The normalized spacial score (nSPS) is 18.5. The van der Waals surface area contributed by atoms with Gasteiger partial charge in [0.15, 0.2) is 0 Å². The van der Waals surface area contributed by atoms with Gasteiger partial charge in [0.05, 0.1) is 22.7 Å². The quantitative estimate of drug-likeness (QED) is 0.628. The van der Waals surface area contributed by atoms with Crippen LogP contribution in [0.2, 0.25) is 0 Å². The molecule has 0 radical (unpaired) electrons. The van der Waals surface area contributed by atoms with Crippen molar-refractivity contribution < 1.29 is 13.2 Å². The molecule has 1 aliphatic heterocycles. The third-order valence-electron chi connectivity index (χ3n) is 4.47. The summed E-state index contributed by atoms with van der Waals surface area (Å²) in [5.74, 6) is -0.717. The van der Waals surface area contributed by atoms with E-state index in [9.17, 15) is 13.2 Å². The highest BCUT2D eigenvalue weighted by atomic mass is 32.2. The molecule has 1 atom stereocenters. The number of hydrogen-bond donors (Lipinski definition) is 1. The molecule has 2 heterocycles. The third-order valence-corrected chi connectivity index (χ3v) is 6.35. The van der Waals surface area contributed by atoms with Gasteiger partial charge in [-0.15, -0.1) is 0 Å². The predicted octanol–water partition coefficient (Wildman–Crippen LogP) is 1.94. The predicted molar refractivity (Wildman–Crippen MR) is 103 cm³/mol. The number of rotatable bonds is 5. The molecule has 0 saturated carbocycles. The molecule has 1 saturated heterocycles. The summed E-state index contributed by atoms with van der Waals surface area (Å²) in [6, 6.07) is 12.1. The average molecular weight is 386 g/mol. The summed E-state index contributed by atoms with van der Waals surface area (Å²) in [4.78, 5) is 16.7.